The molecule has 2 heteroatoms. The second-order valence-corrected chi connectivity index (χ2v) is 5.58. The fourth-order valence-corrected chi connectivity index (χ4v) is 2.83. The number of nitrogens with zero attached hydrogens (tertiary/aromatic N) is 1. The normalized spacial score (nSPS) is 28.1. The third-order valence-electron chi connectivity index (χ3n) is 3.97. The van der Waals surface area contributed by atoms with E-state index in [-0.39, 0.29) is 0 Å². The Labute approximate surface area is 104 Å². The maximum atomic E-state index is 9.44. The zero-order valence-electron chi connectivity index (χ0n) is 10.7. The predicted molar refractivity (Wildman–Crippen MR) is 71.8 cm³/mol. The number of rotatable bonds is 5. The molecule has 94 valence electrons. The van der Waals surface area contributed by atoms with Gasteiger partial charge in [-0.1, -0.05) is 36.5 Å². The first kappa shape index (κ1) is 12.6. The zero-order chi connectivity index (χ0) is 12.3. The Morgan fingerprint density at radius 1 is 1.47 bits per heavy atom. The molecule has 2 aliphatic rings. The van der Waals surface area contributed by atoms with Gasteiger partial charge < -0.3 is 5.11 Å². The summed E-state index contributed by atoms with van der Waals surface area (Å²) in [5, 5.41) is 9.44. The number of aliphatic hydroxyl groups excluding tert-OH is 1. The van der Waals surface area contributed by atoms with Crippen molar-refractivity contribution in [3.63, 3.8) is 0 Å². The molecule has 0 aromatic heterocycles. The number of hydrogen-bond donors (Lipinski definition) is 1. The summed E-state index contributed by atoms with van der Waals surface area (Å²) < 4.78 is 0. The van der Waals surface area contributed by atoms with Crippen LogP contribution in [0, 0.1) is 5.41 Å². The largest absolute Gasteiger partial charge is 0.395 e. The van der Waals surface area contributed by atoms with Gasteiger partial charge in [-0.25, -0.2) is 0 Å². The number of allylic oxidation sites excluding steroid dienone is 4. The monoisotopic (exact) mass is 233 g/mol. The molecule has 0 radical (unpaired) electrons. The highest BCUT2D eigenvalue weighted by Crippen LogP contribution is 2.54. The van der Waals surface area contributed by atoms with Crippen LogP contribution < -0.4 is 0 Å². The number of hydrogen-bond acceptors (Lipinski definition) is 2. The van der Waals surface area contributed by atoms with Crippen LogP contribution in [0.4, 0.5) is 0 Å². The molecule has 1 heterocycles. The summed E-state index contributed by atoms with van der Waals surface area (Å²) in [5.41, 5.74) is 1.92. The van der Waals surface area contributed by atoms with Gasteiger partial charge in [0.15, 0.2) is 0 Å². The molecule has 2 nitrogen and oxygen atoms in total. The molecule has 0 aromatic carbocycles. The van der Waals surface area contributed by atoms with Crippen LogP contribution in [0.2, 0.25) is 0 Å². The van der Waals surface area contributed by atoms with Gasteiger partial charge in [-0.2, -0.15) is 0 Å². The Hall–Kier alpha value is -0.860. The Morgan fingerprint density at radius 2 is 2.24 bits per heavy atom. The van der Waals surface area contributed by atoms with E-state index in [0.29, 0.717) is 18.1 Å². The maximum Gasteiger partial charge on any atom is 0.0587 e. The Morgan fingerprint density at radius 3 is 2.82 bits per heavy atom. The molecule has 0 aromatic rings. The van der Waals surface area contributed by atoms with E-state index in [4.69, 9.17) is 0 Å². The van der Waals surface area contributed by atoms with E-state index < -0.39 is 0 Å². The molecule has 0 bridgehead atoms. The van der Waals surface area contributed by atoms with Crippen LogP contribution in [0.15, 0.2) is 36.5 Å². The topological polar surface area (TPSA) is 23.5 Å². The number of likely N-dealkylation sites (tertiary alicyclic amines) is 1. The first-order valence-corrected chi connectivity index (χ1v) is 6.49. The van der Waals surface area contributed by atoms with Crippen molar-refractivity contribution in [1.82, 2.24) is 4.90 Å². The van der Waals surface area contributed by atoms with Crippen molar-refractivity contribution in [3.05, 3.63) is 36.5 Å². The molecule has 17 heavy (non-hydrogen) atoms. The molecular formula is C15H23NO. The van der Waals surface area contributed by atoms with Gasteiger partial charge in [-0.15, -0.1) is 0 Å². The molecule has 1 N–H and O–H groups in total. The van der Waals surface area contributed by atoms with Crippen molar-refractivity contribution >= 4 is 0 Å². The molecule has 1 spiro atoms. The molecule has 1 atom stereocenters. The minimum Gasteiger partial charge on any atom is -0.395 e. The molecule has 1 saturated carbocycles. The van der Waals surface area contributed by atoms with Gasteiger partial charge in [0, 0.05) is 19.1 Å². The van der Waals surface area contributed by atoms with Crippen LogP contribution in [0.3, 0.4) is 0 Å². The van der Waals surface area contributed by atoms with Crippen LogP contribution in [0.5, 0.6) is 0 Å². The molecule has 2 fully saturated rings. The minimum absolute atomic E-state index is 0.303. The fourth-order valence-electron chi connectivity index (χ4n) is 2.83. The first-order valence-electron chi connectivity index (χ1n) is 6.49. The fraction of sp³-hybridized carbons (Fsp3) is 0.600. The molecule has 1 unspecified atom stereocenters. The van der Waals surface area contributed by atoms with E-state index >= 15 is 0 Å². The minimum atomic E-state index is 0.303. The van der Waals surface area contributed by atoms with Crippen LogP contribution in [-0.2, 0) is 0 Å². The summed E-state index contributed by atoms with van der Waals surface area (Å²) in [6, 6.07) is 0.379. The standard InChI is InChI=1S/C15H23NO/c1-3-4-5-6-13(2)10-16-12-15(7-8-15)9-14(16)11-17/h3-6,14,17H,1,7-12H2,2H3/b5-4-,13-6+. The Bertz CT molecular complexity index is 339. The Kier molecular flexibility index (Phi) is 3.85. The SMILES string of the molecule is C=C/C=C\C=C(/C)CN1CC2(CC2)CC1CO. The highest BCUT2D eigenvalue weighted by Gasteiger charge is 2.51. The van der Waals surface area contributed by atoms with Crippen LogP contribution in [0.1, 0.15) is 26.2 Å². The van der Waals surface area contributed by atoms with E-state index in [0.717, 1.165) is 6.54 Å². The zero-order valence-corrected chi connectivity index (χ0v) is 10.7. The second kappa shape index (κ2) is 5.19. The molecular weight excluding hydrogens is 210 g/mol. The Balaban J connectivity index is 1.91. The van der Waals surface area contributed by atoms with Crippen molar-refractivity contribution in [2.24, 2.45) is 5.41 Å². The van der Waals surface area contributed by atoms with E-state index in [2.05, 4.69) is 24.5 Å². The van der Waals surface area contributed by atoms with Gasteiger partial charge in [0.2, 0.25) is 0 Å². The van der Waals surface area contributed by atoms with Crippen molar-refractivity contribution in [1.29, 1.82) is 0 Å². The number of aliphatic hydroxyl groups is 1. The van der Waals surface area contributed by atoms with Crippen molar-refractivity contribution < 1.29 is 5.11 Å². The summed E-state index contributed by atoms with van der Waals surface area (Å²) in [4.78, 5) is 2.45. The van der Waals surface area contributed by atoms with Crippen molar-refractivity contribution in [2.75, 3.05) is 19.7 Å². The summed E-state index contributed by atoms with van der Waals surface area (Å²) >= 11 is 0. The summed E-state index contributed by atoms with van der Waals surface area (Å²) in [7, 11) is 0. The van der Waals surface area contributed by atoms with Gasteiger partial charge in [-0.05, 0) is 31.6 Å². The van der Waals surface area contributed by atoms with Gasteiger partial charge in [0.05, 0.1) is 6.61 Å². The van der Waals surface area contributed by atoms with Crippen LogP contribution in [-0.4, -0.2) is 35.7 Å². The highest BCUT2D eigenvalue weighted by molar-refractivity contribution is 5.16. The summed E-state index contributed by atoms with van der Waals surface area (Å²) in [5.74, 6) is 0. The predicted octanol–water partition coefficient (Wildman–Crippen LogP) is 2.52. The smallest absolute Gasteiger partial charge is 0.0587 e. The lowest BCUT2D eigenvalue weighted by Gasteiger charge is -2.22. The second-order valence-electron chi connectivity index (χ2n) is 5.58. The van der Waals surface area contributed by atoms with E-state index in [1.807, 2.05) is 12.2 Å². The molecule has 1 aliphatic carbocycles. The molecule has 1 aliphatic heterocycles. The van der Waals surface area contributed by atoms with Crippen molar-refractivity contribution in [3.8, 4) is 0 Å². The average Bonchev–Trinajstić information content (AvgIpc) is 2.95. The maximum absolute atomic E-state index is 9.44. The molecule has 0 amide bonds. The third kappa shape index (κ3) is 3.08. The van der Waals surface area contributed by atoms with Gasteiger partial charge in [-0.3, -0.25) is 4.90 Å². The highest BCUT2D eigenvalue weighted by atomic mass is 16.3. The molecule has 2 rings (SSSR count). The molecule has 1 saturated heterocycles. The van der Waals surface area contributed by atoms with Crippen LogP contribution >= 0.6 is 0 Å². The summed E-state index contributed by atoms with van der Waals surface area (Å²) in [6.07, 6.45) is 11.8. The lowest BCUT2D eigenvalue weighted by molar-refractivity contribution is 0.167. The van der Waals surface area contributed by atoms with E-state index in [9.17, 15) is 5.11 Å². The lowest BCUT2D eigenvalue weighted by Crippen LogP contribution is -2.33. The van der Waals surface area contributed by atoms with E-state index in [1.165, 1.54) is 31.4 Å². The van der Waals surface area contributed by atoms with Crippen LogP contribution in [0.25, 0.3) is 0 Å². The average molecular weight is 233 g/mol. The van der Waals surface area contributed by atoms with E-state index in [1.54, 1.807) is 6.08 Å². The quantitative estimate of drug-likeness (QED) is 0.738. The summed E-state index contributed by atoms with van der Waals surface area (Å²) in [6.45, 7) is 8.27. The lowest BCUT2D eigenvalue weighted by atomic mass is 10.0. The third-order valence-corrected chi connectivity index (χ3v) is 3.97. The van der Waals surface area contributed by atoms with Gasteiger partial charge in [0.25, 0.3) is 0 Å². The van der Waals surface area contributed by atoms with Crippen molar-refractivity contribution in [2.45, 2.75) is 32.2 Å². The van der Waals surface area contributed by atoms with Gasteiger partial charge in [0.1, 0.15) is 0 Å². The first-order chi connectivity index (χ1) is 8.19. The van der Waals surface area contributed by atoms with Gasteiger partial charge >= 0.3 is 0 Å².